The number of ether oxygens (including phenoxy) is 2. The Kier molecular flexibility index (Phi) is 12.5. The number of unbranched alkanes of at least 4 members (excludes halogenated alkanes) is 3. The summed E-state index contributed by atoms with van der Waals surface area (Å²) >= 11 is 0. The lowest BCUT2D eigenvalue weighted by Gasteiger charge is -2.33. The van der Waals surface area contributed by atoms with Gasteiger partial charge in [0.2, 0.25) is 0 Å². The first-order valence-electron chi connectivity index (χ1n) is 13.9. The van der Waals surface area contributed by atoms with Crippen LogP contribution in [0.15, 0.2) is 12.7 Å². The second-order valence-electron chi connectivity index (χ2n) is 10.6. The first-order chi connectivity index (χ1) is 18.3. The van der Waals surface area contributed by atoms with E-state index in [2.05, 4.69) is 41.1 Å². The monoisotopic (exact) mass is 537 g/mol. The number of hydrazine groups is 1. The Labute approximate surface area is 225 Å². The van der Waals surface area contributed by atoms with Crippen molar-refractivity contribution in [3.63, 3.8) is 0 Å². The van der Waals surface area contributed by atoms with Crippen LogP contribution in [0.5, 0.6) is 0 Å². The first kappa shape index (κ1) is 30.5. The second-order valence-corrected chi connectivity index (χ2v) is 10.6. The Morgan fingerprint density at radius 1 is 0.974 bits per heavy atom. The molecule has 212 valence electrons. The van der Waals surface area contributed by atoms with Gasteiger partial charge >= 0.3 is 12.1 Å². The normalized spacial score (nSPS) is 30.0. The number of carbonyl (C=O) groups excluding carboxylic acids is 1. The van der Waals surface area contributed by atoms with E-state index in [4.69, 9.17) is 9.47 Å². The smallest absolute Gasteiger partial charge is 0.393 e. The van der Waals surface area contributed by atoms with Crippen LogP contribution in [0, 0.1) is 47.4 Å². The third-order valence-corrected chi connectivity index (χ3v) is 7.65. The van der Waals surface area contributed by atoms with Crippen LogP contribution in [0.1, 0.15) is 70.6 Å². The maximum atomic E-state index is 13.8. The molecule has 9 heteroatoms. The summed E-state index contributed by atoms with van der Waals surface area (Å²) in [6.07, 6.45) is 5.64. The summed E-state index contributed by atoms with van der Waals surface area (Å²) in [5.74, 6) is 9.97. The van der Waals surface area contributed by atoms with Gasteiger partial charge in [-0.1, -0.05) is 36.7 Å². The van der Waals surface area contributed by atoms with Crippen LogP contribution in [0.4, 0.5) is 13.2 Å². The average Bonchev–Trinajstić information content (AvgIpc) is 3.32. The van der Waals surface area contributed by atoms with Crippen LogP contribution >= 0.6 is 0 Å². The van der Waals surface area contributed by atoms with Gasteiger partial charge in [-0.05, 0) is 71.3 Å². The van der Waals surface area contributed by atoms with Gasteiger partial charge in [0, 0.05) is 30.4 Å². The highest BCUT2D eigenvalue weighted by atomic mass is 19.4. The van der Waals surface area contributed by atoms with Crippen molar-refractivity contribution in [1.29, 1.82) is 0 Å². The van der Waals surface area contributed by atoms with Crippen molar-refractivity contribution in [2.45, 2.75) is 89.1 Å². The molecule has 0 amide bonds. The van der Waals surface area contributed by atoms with Gasteiger partial charge in [-0.15, -0.1) is 0 Å². The molecule has 0 spiro atoms. The van der Waals surface area contributed by atoms with Crippen molar-refractivity contribution in [3.05, 3.63) is 12.7 Å². The highest BCUT2D eigenvalue weighted by Crippen LogP contribution is 2.43. The largest absolute Gasteiger partial charge is 0.463 e. The van der Waals surface area contributed by atoms with E-state index in [1.807, 2.05) is 11.9 Å². The summed E-state index contributed by atoms with van der Waals surface area (Å²) in [6.45, 7) is 5.13. The summed E-state index contributed by atoms with van der Waals surface area (Å²) in [6, 6.07) is 0. The molecule has 0 aromatic rings. The molecular weight excluding hydrogens is 495 g/mol. The molecule has 38 heavy (non-hydrogen) atoms. The lowest BCUT2D eigenvalue weighted by atomic mass is 9.73. The standard InChI is InChI=1S/C29H42F3N3O3/c1-3-28(36)38-19-7-5-4-6-18-37-25-15-11-22(12-16-25)8-9-23-10-13-24(26(20-23)29(30,31)32)14-17-27-34-33-21-35(27)2/h3,22-27,33-34H,1,4-7,10-13,15-16,18-21H2,2H3. The number of rotatable bonds is 9. The maximum absolute atomic E-state index is 13.8. The number of esters is 1. The third kappa shape index (κ3) is 10.3. The minimum Gasteiger partial charge on any atom is -0.463 e. The van der Waals surface area contributed by atoms with Crippen molar-refractivity contribution in [3.8, 4) is 23.7 Å². The number of nitrogens with one attached hydrogen (secondary N) is 2. The third-order valence-electron chi connectivity index (χ3n) is 7.65. The van der Waals surface area contributed by atoms with Gasteiger partial charge in [0.15, 0.2) is 0 Å². The fourth-order valence-electron chi connectivity index (χ4n) is 5.29. The van der Waals surface area contributed by atoms with Crippen molar-refractivity contribution in [2.24, 2.45) is 23.7 Å². The minimum absolute atomic E-state index is 0.0389. The summed E-state index contributed by atoms with van der Waals surface area (Å²) < 4.78 is 52.5. The number of nitrogens with zero attached hydrogens (tertiary/aromatic N) is 1. The van der Waals surface area contributed by atoms with Crippen LogP contribution < -0.4 is 10.9 Å². The Hall–Kier alpha value is -2.04. The van der Waals surface area contributed by atoms with Crippen molar-refractivity contribution in [2.75, 3.05) is 26.9 Å². The molecule has 2 N–H and O–H groups in total. The van der Waals surface area contributed by atoms with Gasteiger partial charge < -0.3 is 9.47 Å². The number of alkyl halides is 3. The Bertz CT molecular complexity index is 881. The Morgan fingerprint density at radius 2 is 1.66 bits per heavy atom. The number of halogens is 3. The topological polar surface area (TPSA) is 62.8 Å². The van der Waals surface area contributed by atoms with Crippen LogP contribution in [0.3, 0.4) is 0 Å². The van der Waals surface area contributed by atoms with E-state index >= 15 is 0 Å². The molecule has 1 aliphatic heterocycles. The van der Waals surface area contributed by atoms with E-state index in [1.54, 1.807) is 0 Å². The highest BCUT2D eigenvalue weighted by Gasteiger charge is 2.47. The zero-order valence-electron chi connectivity index (χ0n) is 22.5. The molecule has 4 unspecified atom stereocenters. The molecule has 2 aliphatic carbocycles. The van der Waals surface area contributed by atoms with E-state index in [0.29, 0.717) is 26.1 Å². The molecule has 1 saturated heterocycles. The van der Waals surface area contributed by atoms with Gasteiger partial charge in [-0.2, -0.15) is 13.2 Å². The lowest BCUT2D eigenvalue weighted by molar-refractivity contribution is -0.192. The second kappa shape index (κ2) is 15.5. The molecule has 3 rings (SSSR count). The zero-order chi connectivity index (χ0) is 27.4. The molecule has 2 saturated carbocycles. The van der Waals surface area contributed by atoms with E-state index in [9.17, 15) is 18.0 Å². The van der Waals surface area contributed by atoms with Gasteiger partial charge in [-0.25, -0.2) is 15.6 Å². The first-order valence-corrected chi connectivity index (χ1v) is 13.9. The van der Waals surface area contributed by atoms with E-state index in [1.165, 1.54) is 6.08 Å². The van der Waals surface area contributed by atoms with Gasteiger partial charge in [0.1, 0.15) is 6.17 Å². The van der Waals surface area contributed by atoms with E-state index in [-0.39, 0.29) is 36.5 Å². The number of carbonyl (C=O) groups is 1. The molecule has 1 heterocycles. The van der Waals surface area contributed by atoms with E-state index < -0.39 is 18.0 Å². The van der Waals surface area contributed by atoms with Gasteiger partial charge in [0.25, 0.3) is 0 Å². The predicted octanol–water partition coefficient (Wildman–Crippen LogP) is 4.78. The molecule has 0 aromatic carbocycles. The molecule has 0 bridgehead atoms. The predicted molar refractivity (Wildman–Crippen MR) is 140 cm³/mol. The summed E-state index contributed by atoms with van der Waals surface area (Å²) in [4.78, 5) is 12.9. The summed E-state index contributed by atoms with van der Waals surface area (Å²) in [7, 11) is 1.87. The maximum Gasteiger partial charge on any atom is 0.393 e. The van der Waals surface area contributed by atoms with Crippen molar-refractivity contribution in [1.82, 2.24) is 15.8 Å². The van der Waals surface area contributed by atoms with Crippen molar-refractivity contribution < 1.29 is 27.4 Å². The van der Waals surface area contributed by atoms with Crippen LogP contribution in [0.2, 0.25) is 0 Å². The quantitative estimate of drug-likeness (QED) is 0.191. The van der Waals surface area contributed by atoms with Crippen LogP contribution in [0.25, 0.3) is 0 Å². The lowest BCUT2D eigenvalue weighted by Crippen LogP contribution is -2.36. The highest BCUT2D eigenvalue weighted by molar-refractivity contribution is 5.81. The molecule has 0 radical (unpaired) electrons. The fraction of sp³-hybridized carbons (Fsp3) is 0.759. The summed E-state index contributed by atoms with van der Waals surface area (Å²) in [5, 5.41) is 0. The minimum atomic E-state index is -4.26. The summed E-state index contributed by atoms with van der Waals surface area (Å²) in [5.41, 5.74) is 5.91. The fourth-order valence-corrected chi connectivity index (χ4v) is 5.29. The molecule has 4 atom stereocenters. The van der Waals surface area contributed by atoms with Crippen LogP contribution in [-0.4, -0.2) is 56.2 Å². The number of hydrogen-bond donors (Lipinski definition) is 2. The molecule has 0 aromatic heterocycles. The molecular formula is C29H42F3N3O3. The Morgan fingerprint density at radius 3 is 2.32 bits per heavy atom. The average molecular weight is 538 g/mol. The Balaban J connectivity index is 1.34. The SMILES string of the molecule is C=CC(=O)OCCCCCCOC1CCC(C#CC2CCC(C#CC3NNCN3C)C(C(F)(F)F)C2)CC1. The van der Waals surface area contributed by atoms with Crippen LogP contribution in [-0.2, 0) is 14.3 Å². The van der Waals surface area contributed by atoms with E-state index in [0.717, 1.165) is 58.0 Å². The van der Waals surface area contributed by atoms with Gasteiger partial charge in [0.05, 0.1) is 25.3 Å². The van der Waals surface area contributed by atoms with Gasteiger partial charge in [-0.3, -0.25) is 4.90 Å². The molecule has 3 fully saturated rings. The number of hydrogen-bond acceptors (Lipinski definition) is 6. The zero-order valence-corrected chi connectivity index (χ0v) is 22.5. The molecule has 3 aliphatic rings. The molecule has 6 nitrogen and oxygen atoms in total. The van der Waals surface area contributed by atoms with Crippen molar-refractivity contribution >= 4 is 5.97 Å².